The number of aryl methyl sites for hydroxylation is 1. The smallest absolute Gasteiger partial charge is 0.258 e. The van der Waals surface area contributed by atoms with Crippen LogP contribution in [0, 0.1) is 17.0 Å². The van der Waals surface area contributed by atoms with Gasteiger partial charge in [0.25, 0.3) is 5.69 Å². The van der Waals surface area contributed by atoms with E-state index in [4.69, 9.17) is 11.6 Å². The second-order valence-electron chi connectivity index (χ2n) is 3.81. The van der Waals surface area contributed by atoms with E-state index in [1.54, 1.807) is 13.0 Å². The van der Waals surface area contributed by atoms with E-state index >= 15 is 0 Å². The van der Waals surface area contributed by atoms with E-state index in [1.807, 2.05) is 13.8 Å². The molecule has 0 aromatic carbocycles. The normalized spacial score (nSPS) is 14.5. The molecule has 5 heteroatoms. The minimum atomic E-state index is -0.422. The fourth-order valence-corrected chi connectivity index (χ4v) is 1.69. The first-order chi connectivity index (χ1) is 7.47. The summed E-state index contributed by atoms with van der Waals surface area (Å²) in [5.41, 5.74) is 1.30. The minimum absolute atomic E-state index is 0.00774. The van der Waals surface area contributed by atoms with Crippen LogP contribution in [0.2, 0.25) is 0 Å². The van der Waals surface area contributed by atoms with Crippen molar-refractivity contribution in [3.63, 3.8) is 0 Å². The number of halogens is 1. The Morgan fingerprint density at radius 2 is 2.19 bits per heavy atom. The molecule has 1 aromatic heterocycles. The molecule has 0 aliphatic heterocycles. The molecule has 2 unspecified atom stereocenters. The van der Waals surface area contributed by atoms with Crippen LogP contribution in [0.1, 0.15) is 37.6 Å². The Bertz CT molecular complexity index is 396. The van der Waals surface area contributed by atoms with Crippen molar-refractivity contribution < 1.29 is 4.92 Å². The van der Waals surface area contributed by atoms with Gasteiger partial charge in [-0.15, -0.1) is 11.6 Å². The molecule has 0 aliphatic rings. The minimum Gasteiger partial charge on any atom is -0.258 e. The zero-order valence-corrected chi connectivity index (χ0v) is 10.4. The van der Waals surface area contributed by atoms with Gasteiger partial charge in [0.2, 0.25) is 0 Å². The number of hydrogen-bond acceptors (Lipinski definition) is 3. The largest absolute Gasteiger partial charge is 0.290 e. The predicted octanol–water partition coefficient (Wildman–Crippen LogP) is 3.42. The van der Waals surface area contributed by atoms with Crippen molar-refractivity contribution in [1.82, 2.24) is 4.98 Å². The van der Waals surface area contributed by atoms with Crippen LogP contribution in [-0.2, 0) is 0 Å². The van der Waals surface area contributed by atoms with Crippen LogP contribution in [0.4, 0.5) is 5.69 Å². The maximum Gasteiger partial charge on any atom is 0.290 e. The van der Waals surface area contributed by atoms with Gasteiger partial charge in [0, 0.05) is 23.1 Å². The Kier molecular flexibility index (Phi) is 4.24. The molecule has 0 radical (unpaired) electrons. The molecule has 0 saturated carbocycles. The summed E-state index contributed by atoms with van der Waals surface area (Å²) in [4.78, 5) is 14.4. The Hall–Kier alpha value is -1.16. The van der Waals surface area contributed by atoms with Crippen molar-refractivity contribution in [3.8, 4) is 0 Å². The van der Waals surface area contributed by atoms with E-state index in [9.17, 15) is 10.1 Å². The second kappa shape index (κ2) is 5.25. The predicted molar refractivity (Wildman–Crippen MR) is 64.0 cm³/mol. The summed E-state index contributed by atoms with van der Waals surface area (Å²) in [6.07, 6.45) is 0.848. The number of hydrogen-bond donors (Lipinski definition) is 0. The van der Waals surface area contributed by atoms with Crippen molar-refractivity contribution in [2.24, 2.45) is 0 Å². The van der Waals surface area contributed by atoms with Gasteiger partial charge in [-0.2, -0.15) is 0 Å². The summed E-state index contributed by atoms with van der Waals surface area (Å²) < 4.78 is 0. The number of nitro groups is 1. The molecular formula is C11H15ClN2O2. The van der Waals surface area contributed by atoms with Gasteiger partial charge in [-0.05, 0) is 19.4 Å². The van der Waals surface area contributed by atoms with Crippen LogP contribution in [0.15, 0.2) is 12.1 Å². The fourth-order valence-electron chi connectivity index (χ4n) is 1.56. The Balaban J connectivity index is 3.01. The third kappa shape index (κ3) is 2.70. The lowest BCUT2D eigenvalue weighted by Crippen LogP contribution is -2.11. The lowest BCUT2D eigenvalue weighted by Gasteiger charge is -2.15. The van der Waals surface area contributed by atoms with E-state index < -0.39 is 4.92 Å². The molecule has 0 amide bonds. The molecule has 0 fully saturated rings. The summed E-state index contributed by atoms with van der Waals surface area (Å²) in [6.45, 7) is 5.63. The van der Waals surface area contributed by atoms with Gasteiger partial charge >= 0.3 is 0 Å². The number of rotatable bonds is 4. The van der Waals surface area contributed by atoms with Crippen molar-refractivity contribution in [1.29, 1.82) is 0 Å². The summed E-state index contributed by atoms with van der Waals surface area (Å²) in [5.74, 6) is 0.103. The summed E-state index contributed by atoms with van der Waals surface area (Å²) in [6, 6.07) is 3.17. The molecule has 2 atom stereocenters. The first-order valence-electron chi connectivity index (χ1n) is 5.23. The summed E-state index contributed by atoms with van der Waals surface area (Å²) >= 11 is 6.13. The van der Waals surface area contributed by atoms with Crippen LogP contribution in [-0.4, -0.2) is 15.3 Å². The van der Waals surface area contributed by atoms with Gasteiger partial charge in [-0.3, -0.25) is 15.1 Å². The second-order valence-corrected chi connectivity index (χ2v) is 4.37. The maximum atomic E-state index is 10.6. The van der Waals surface area contributed by atoms with Crippen LogP contribution < -0.4 is 0 Å². The number of alkyl halides is 1. The van der Waals surface area contributed by atoms with Crippen molar-refractivity contribution in [2.45, 2.75) is 38.5 Å². The van der Waals surface area contributed by atoms with E-state index in [-0.39, 0.29) is 17.0 Å². The molecule has 1 heterocycles. The van der Waals surface area contributed by atoms with Crippen LogP contribution >= 0.6 is 11.6 Å². The molecular weight excluding hydrogens is 228 g/mol. The van der Waals surface area contributed by atoms with Gasteiger partial charge < -0.3 is 0 Å². The molecule has 16 heavy (non-hydrogen) atoms. The SMILES string of the molecule is CCC(Cl)C(C)c1ccc([N+](=O)[O-])c(C)n1. The zero-order chi connectivity index (χ0) is 12.3. The highest BCUT2D eigenvalue weighted by molar-refractivity contribution is 6.21. The van der Waals surface area contributed by atoms with Crippen LogP contribution in [0.5, 0.6) is 0 Å². The highest BCUT2D eigenvalue weighted by Crippen LogP contribution is 2.26. The summed E-state index contributed by atoms with van der Waals surface area (Å²) in [7, 11) is 0. The van der Waals surface area contributed by atoms with Crippen molar-refractivity contribution >= 4 is 17.3 Å². The van der Waals surface area contributed by atoms with Gasteiger partial charge in [0.1, 0.15) is 5.69 Å². The molecule has 1 aromatic rings. The number of nitrogens with zero attached hydrogens (tertiary/aromatic N) is 2. The lowest BCUT2D eigenvalue weighted by molar-refractivity contribution is -0.385. The van der Waals surface area contributed by atoms with E-state index in [0.717, 1.165) is 12.1 Å². The molecule has 4 nitrogen and oxygen atoms in total. The van der Waals surface area contributed by atoms with E-state index in [1.165, 1.54) is 6.07 Å². The first kappa shape index (κ1) is 12.9. The van der Waals surface area contributed by atoms with E-state index in [2.05, 4.69) is 4.98 Å². The van der Waals surface area contributed by atoms with Gasteiger partial charge in [-0.1, -0.05) is 13.8 Å². The Morgan fingerprint density at radius 1 is 1.56 bits per heavy atom. The van der Waals surface area contributed by atoms with Crippen molar-refractivity contribution in [2.75, 3.05) is 0 Å². The standard InChI is InChI=1S/C11H15ClN2O2/c1-4-9(12)7(2)10-5-6-11(14(15)16)8(3)13-10/h5-7,9H,4H2,1-3H3. The first-order valence-corrected chi connectivity index (χ1v) is 5.67. The highest BCUT2D eigenvalue weighted by Gasteiger charge is 2.19. The third-order valence-electron chi connectivity index (χ3n) is 2.68. The molecule has 1 rings (SSSR count). The quantitative estimate of drug-likeness (QED) is 0.462. The Labute approximate surface area is 99.8 Å². The molecule has 0 saturated heterocycles. The molecule has 0 aliphatic carbocycles. The van der Waals surface area contributed by atoms with Crippen LogP contribution in [0.3, 0.4) is 0 Å². The average Bonchev–Trinajstić information content (AvgIpc) is 2.26. The monoisotopic (exact) mass is 242 g/mol. The van der Waals surface area contributed by atoms with Gasteiger partial charge in [-0.25, -0.2) is 0 Å². The molecule has 88 valence electrons. The fraction of sp³-hybridized carbons (Fsp3) is 0.545. The summed E-state index contributed by atoms with van der Waals surface area (Å²) in [5, 5.41) is 10.6. The highest BCUT2D eigenvalue weighted by atomic mass is 35.5. The zero-order valence-electron chi connectivity index (χ0n) is 9.61. The van der Waals surface area contributed by atoms with Gasteiger partial charge in [0.05, 0.1) is 4.92 Å². The lowest BCUT2D eigenvalue weighted by atomic mass is 10.0. The molecule has 0 bridgehead atoms. The molecule has 0 N–H and O–H groups in total. The average molecular weight is 243 g/mol. The number of aromatic nitrogens is 1. The van der Waals surface area contributed by atoms with Gasteiger partial charge in [0.15, 0.2) is 0 Å². The van der Waals surface area contributed by atoms with Crippen LogP contribution in [0.25, 0.3) is 0 Å². The third-order valence-corrected chi connectivity index (χ3v) is 3.36. The Morgan fingerprint density at radius 3 is 2.62 bits per heavy atom. The maximum absolute atomic E-state index is 10.6. The van der Waals surface area contributed by atoms with Crippen molar-refractivity contribution in [3.05, 3.63) is 33.6 Å². The molecule has 0 spiro atoms. The number of pyridine rings is 1. The van der Waals surface area contributed by atoms with E-state index in [0.29, 0.717) is 5.69 Å². The topological polar surface area (TPSA) is 56.0 Å².